The van der Waals surface area contributed by atoms with Gasteiger partial charge < -0.3 is 10.3 Å². The van der Waals surface area contributed by atoms with Gasteiger partial charge in [-0.2, -0.15) is 0 Å². The van der Waals surface area contributed by atoms with Gasteiger partial charge in [0.15, 0.2) is 0 Å². The summed E-state index contributed by atoms with van der Waals surface area (Å²) in [6.45, 7) is 8.19. The number of imidazole rings is 1. The average molecular weight is 420 g/mol. The zero-order chi connectivity index (χ0) is 21.0. The van der Waals surface area contributed by atoms with Gasteiger partial charge in [0, 0.05) is 11.3 Å². The van der Waals surface area contributed by atoms with Crippen molar-refractivity contribution >= 4 is 38.5 Å². The number of rotatable bonds is 5. The monoisotopic (exact) mass is 419 g/mol. The molecular weight excluding hydrogens is 394 g/mol. The summed E-state index contributed by atoms with van der Waals surface area (Å²) < 4.78 is 0. The number of hydrogen-bond donors (Lipinski definition) is 2. The molecule has 3 aromatic heterocycles. The molecule has 154 valence electrons. The van der Waals surface area contributed by atoms with Crippen LogP contribution in [0.5, 0.6) is 0 Å². The number of fused-ring (bicyclic) bond motifs is 2. The van der Waals surface area contributed by atoms with Crippen molar-refractivity contribution in [1.29, 1.82) is 0 Å². The molecule has 1 atom stereocenters. The second-order valence-corrected chi connectivity index (χ2v) is 9.51. The van der Waals surface area contributed by atoms with Crippen LogP contribution in [0.4, 0.5) is 0 Å². The highest BCUT2D eigenvalue weighted by Crippen LogP contribution is 2.40. The number of H-pyrrole nitrogens is 1. The van der Waals surface area contributed by atoms with E-state index in [4.69, 9.17) is 15.0 Å². The van der Waals surface area contributed by atoms with Crippen LogP contribution in [-0.4, -0.2) is 25.8 Å². The minimum absolute atomic E-state index is 0.0815. The lowest BCUT2D eigenvalue weighted by atomic mass is 10.0. The van der Waals surface area contributed by atoms with Crippen LogP contribution < -0.4 is 5.32 Å². The van der Waals surface area contributed by atoms with Gasteiger partial charge in [0.25, 0.3) is 5.91 Å². The molecule has 0 bridgehead atoms. The van der Waals surface area contributed by atoms with Gasteiger partial charge in [0.1, 0.15) is 16.5 Å². The summed E-state index contributed by atoms with van der Waals surface area (Å²) in [7, 11) is 0. The van der Waals surface area contributed by atoms with Crippen molar-refractivity contribution in [3.8, 4) is 0 Å². The predicted octanol–water partition coefficient (Wildman–Crippen LogP) is 5.19. The Kier molecular flexibility index (Phi) is 4.58. The minimum atomic E-state index is -0.205. The lowest BCUT2D eigenvalue weighted by Crippen LogP contribution is -2.32. The first-order chi connectivity index (χ1) is 14.4. The van der Waals surface area contributed by atoms with E-state index in [1.807, 2.05) is 38.1 Å². The number of amides is 1. The summed E-state index contributed by atoms with van der Waals surface area (Å²) in [4.78, 5) is 32.5. The van der Waals surface area contributed by atoms with Crippen molar-refractivity contribution in [1.82, 2.24) is 25.3 Å². The van der Waals surface area contributed by atoms with Gasteiger partial charge in [-0.25, -0.2) is 15.0 Å². The lowest BCUT2D eigenvalue weighted by Gasteiger charge is -2.20. The molecule has 1 aliphatic carbocycles. The van der Waals surface area contributed by atoms with Crippen molar-refractivity contribution in [2.75, 3.05) is 0 Å². The van der Waals surface area contributed by atoms with E-state index in [9.17, 15) is 4.79 Å². The fourth-order valence-electron chi connectivity index (χ4n) is 3.98. The van der Waals surface area contributed by atoms with E-state index in [0.717, 1.165) is 57.0 Å². The largest absolute Gasteiger partial charge is 0.341 e. The number of aromatic nitrogens is 4. The maximum absolute atomic E-state index is 13.3. The summed E-state index contributed by atoms with van der Waals surface area (Å²) >= 11 is 1.47. The first-order valence-corrected chi connectivity index (χ1v) is 11.3. The van der Waals surface area contributed by atoms with E-state index in [-0.39, 0.29) is 17.9 Å². The van der Waals surface area contributed by atoms with Crippen LogP contribution in [0.15, 0.2) is 24.3 Å². The summed E-state index contributed by atoms with van der Waals surface area (Å²) in [6, 6.07) is 7.72. The quantitative estimate of drug-likeness (QED) is 0.466. The number of hydrogen-bond acceptors (Lipinski definition) is 5. The fraction of sp³-hybridized carbons (Fsp3) is 0.391. The van der Waals surface area contributed by atoms with Gasteiger partial charge in [-0.05, 0) is 50.3 Å². The van der Waals surface area contributed by atoms with Crippen LogP contribution in [0, 0.1) is 19.8 Å². The van der Waals surface area contributed by atoms with E-state index in [0.29, 0.717) is 10.8 Å². The first kappa shape index (κ1) is 19.2. The Balaban J connectivity index is 1.49. The molecule has 30 heavy (non-hydrogen) atoms. The van der Waals surface area contributed by atoms with Crippen molar-refractivity contribution in [2.45, 2.75) is 52.5 Å². The number of nitrogens with zero attached hydrogens (tertiary/aromatic N) is 3. The highest BCUT2D eigenvalue weighted by atomic mass is 32.1. The molecule has 1 aliphatic rings. The molecule has 0 aliphatic heterocycles. The van der Waals surface area contributed by atoms with Gasteiger partial charge in [-0.15, -0.1) is 11.3 Å². The molecule has 1 fully saturated rings. The Hall–Kier alpha value is -2.80. The van der Waals surface area contributed by atoms with Crippen molar-refractivity contribution in [2.24, 2.45) is 5.92 Å². The van der Waals surface area contributed by atoms with Gasteiger partial charge in [-0.1, -0.05) is 26.0 Å². The van der Waals surface area contributed by atoms with E-state index in [1.54, 1.807) is 0 Å². The average Bonchev–Trinajstić information content (AvgIpc) is 3.39. The maximum Gasteiger partial charge on any atom is 0.262 e. The van der Waals surface area contributed by atoms with Crippen LogP contribution in [0.25, 0.3) is 21.3 Å². The molecule has 0 radical (unpaired) electrons. The molecule has 1 unspecified atom stereocenters. The first-order valence-electron chi connectivity index (χ1n) is 10.5. The van der Waals surface area contributed by atoms with Gasteiger partial charge in [0.05, 0.1) is 27.6 Å². The number of carbonyl (C=O) groups excluding carboxylic acids is 1. The number of carbonyl (C=O) groups is 1. The van der Waals surface area contributed by atoms with Gasteiger partial charge >= 0.3 is 0 Å². The fourth-order valence-corrected chi connectivity index (χ4v) is 5.12. The Bertz CT molecular complexity index is 1230. The van der Waals surface area contributed by atoms with Crippen LogP contribution in [0.3, 0.4) is 0 Å². The molecule has 5 rings (SSSR count). The second-order valence-electron chi connectivity index (χ2n) is 8.51. The molecule has 1 amide bonds. The number of para-hydroxylation sites is 2. The van der Waals surface area contributed by atoms with Gasteiger partial charge in [0.2, 0.25) is 0 Å². The minimum Gasteiger partial charge on any atom is -0.341 e. The Morgan fingerprint density at radius 1 is 1.17 bits per heavy atom. The van der Waals surface area contributed by atoms with Crippen LogP contribution in [-0.2, 0) is 0 Å². The molecule has 1 saturated carbocycles. The lowest BCUT2D eigenvalue weighted by molar-refractivity contribution is 0.0927. The highest BCUT2D eigenvalue weighted by molar-refractivity contribution is 7.20. The van der Waals surface area contributed by atoms with Gasteiger partial charge in [-0.3, -0.25) is 4.79 Å². The zero-order valence-electron chi connectivity index (χ0n) is 17.6. The van der Waals surface area contributed by atoms with E-state index in [2.05, 4.69) is 24.1 Å². The summed E-state index contributed by atoms with van der Waals surface area (Å²) in [5.74, 6) is 2.31. The third-order valence-corrected chi connectivity index (χ3v) is 6.98. The Labute approximate surface area is 179 Å². The molecule has 0 spiro atoms. The summed E-state index contributed by atoms with van der Waals surface area (Å²) in [5.41, 5.74) is 3.81. The maximum atomic E-state index is 13.3. The SMILES string of the molecule is Cc1nc(C2CC2)nc2sc(C(=O)NC(c3nc4ccccc4[nH]3)C(C)C)c(C)c12. The molecule has 3 heterocycles. The smallest absolute Gasteiger partial charge is 0.262 e. The molecule has 4 aromatic rings. The van der Waals surface area contributed by atoms with Crippen molar-refractivity contribution in [3.05, 3.63) is 52.0 Å². The van der Waals surface area contributed by atoms with Crippen LogP contribution in [0.1, 0.15) is 71.2 Å². The second kappa shape index (κ2) is 7.16. The Morgan fingerprint density at radius 3 is 2.63 bits per heavy atom. The topological polar surface area (TPSA) is 83.6 Å². The number of nitrogens with one attached hydrogen (secondary N) is 2. The zero-order valence-corrected chi connectivity index (χ0v) is 18.4. The molecule has 2 N–H and O–H groups in total. The van der Waals surface area contributed by atoms with Crippen molar-refractivity contribution in [3.63, 3.8) is 0 Å². The number of aryl methyl sites for hydroxylation is 2. The van der Waals surface area contributed by atoms with Crippen LogP contribution in [0.2, 0.25) is 0 Å². The van der Waals surface area contributed by atoms with Crippen molar-refractivity contribution < 1.29 is 4.79 Å². The predicted molar refractivity (Wildman–Crippen MR) is 120 cm³/mol. The molecule has 0 saturated heterocycles. The molecular formula is C23H25N5OS. The summed E-state index contributed by atoms with van der Waals surface area (Å²) in [6.07, 6.45) is 2.33. The van der Waals surface area contributed by atoms with E-state index in [1.165, 1.54) is 11.3 Å². The van der Waals surface area contributed by atoms with E-state index < -0.39 is 0 Å². The van der Waals surface area contributed by atoms with Crippen LogP contribution >= 0.6 is 11.3 Å². The third-order valence-electron chi connectivity index (χ3n) is 5.79. The normalized spacial score (nSPS) is 15.2. The number of benzene rings is 1. The number of thiophene rings is 1. The summed E-state index contributed by atoms with van der Waals surface area (Å²) in [5, 5.41) is 4.22. The Morgan fingerprint density at radius 2 is 1.93 bits per heavy atom. The highest BCUT2D eigenvalue weighted by Gasteiger charge is 2.29. The third kappa shape index (κ3) is 3.27. The standard InChI is InChI=1S/C23H25N5OS/c1-11(2)18(21-25-15-7-5-6-8-16(15)26-21)27-22(29)19-12(3)17-13(4)24-20(14-9-10-14)28-23(17)30-19/h5-8,11,14,18H,9-10H2,1-4H3,(H,25,26)(H,27,29). The van der Waals surface area contributed by atoms with E-state index >= 15 is 0 Å². The molecule has 6 nitrogen and oxygen atoms in total. The molecule has 7 heteroatoms. The number of aromatic amines is 1. The molecule has 1 aromatic carbocycles.